The number of nitrogens with one attached hydrogen (secondary N) is 1. The summed E-state index contributed by atoms with van der Waals surface area (Å²) >= 11 is 0. The van der Waals surface area contributed by atoms with Gasteiger partial charge in [-0.3, -0.25) is 4.79 Å². The van der Waals surface area contributed by atoms with E-state index < -0.39 is 5.97 Å². The zero-order chi connectivity index (χ0) is 14.8. The summed E-state index contributed by atoms with van der Waals surface area (Å²) in [5, 5.41) is 11.9. The average molecular weight is 279 g/mol. The summed E-state index contributed by atoms with van der Waals surface area (Å²) < 4.78 is 5.34. The quantitative estimate of drug-likeness (QED) is 0.804. The highest BCUT2D eigenvalue weighted by Gasteiger charge is 2.41. The van der Waals surface area contributed by atoms with Crippen LogP contribution in [0.4, 0.5) is 0 Å². The monoisotopic (exact) mass is 279 g/mol. The molecule has 2 rings (SSSR count). The van der Waals surface area contributed by atoms with E-state index in [0.717, 1.165) is 25.7 Å². The van der Waals surface area contributed by atoms with Crippen molar-refractivity contribution in [2.24, 2.45) is 5.41 Å². The van der Waals surface area contributed by atoms with Gasteiger partial charge in [-0.1, -0.05) is 20.3 Å². The molecule has 0 atom stereocenters. The fraction of sp³-hybridized carbons (Fsp3) is 0.600. The predicted molar refractivity (Wildman–Crippen MR) is 74.0 cm³/mol. The predicted octanol–water partition coefficient (Wildman–Crippen LogP) is 2.85. The molecule has 20 heavy (non-hydrogen) atoms. The molecule has 0 aromatic carbocycles. The van der Waals surface area contributed by atoms with E-state index in [1.54, 1.807) is 6.92 Å². The standard InChI is InChI=1S/C15H21NO4/c1-3-5-15(6-7-15)9-16-13(17)12-8-10(14(18)19)11(4-2)20-12/h8H,3-7,9H2,1-2H3,(H,16,17)(H,18,19). The van der Waals surface area contributed by atoms with Crippen LogP contribution >= 0.6 is 0 Å². The van der Waals surface area contributed by atoms with Crippen LogP contribution in [0.3, 0.4) is 0 Å². The van der Waals surface area contributed by atoms with Crippen molar-refractivity contribution in [2.75, 3.05) is 6.54 Å². The first kappa shape index (κ1) is 14.6. The number of carboxylic acid groups (broad SMARTS) is 1. The topological polar surface area (TPSA) is 79.5 Å². The van der Waals surface area contributed by atoms with E-state index in [1.165, 1.54) is 6.07 Å². The molecule has 0 aliphatic heterocycles. The molecule has 1 aliphatic carbocycles. The largest absolute Gasteiger partial charge is 0.478 e. The molecular weight excluding hydrogens is 258 g/mol. The van der Waals surface area contributed by atoms with Gasteiger partial charge in [-0.15, -0.1) is 0 Å². The molecule has 0 bridgehead atoms. The van der Waals surface area contributed by atoms with Gasteiger partial charge in [-0.25, -0.2) is 4.79 Å². The Kier molecular flexibility index (Phi) is 4.16. The van der Waals surface area contributed by atoms with Crippen LogP contribution < -0.4 is 5.32 Å². The van der Waals surface area contributed by atoms with Gasteiger partial charge in [0, 0.05) is 19.0 Å². The normalized spacial score (nSPS) is 15.9. The third-order valence-corrected chi connectivity index (χ3v) is 3.95. The Labute approximate surface area is 118 Å². The Hall–Kier alpha value is -1.78. The summed E-state index contributed by atoms with van der Waals surface area (Å²) in [6.45, 7) is 4.58. The van der Waals surface area contributed by atoms with Crippen LogP contribution in [0.15, 0.2) is 10.5 Å². The van der Waals surface area contributed by atoms with Gasteiger partial charge in [0.1, 0.15) is 11.3 Å². The molecule has 1 heterocycles. The maximum absolute atomic E-state index is 12.0. The second kappa shape index (κ2) is 5.69. The minimum absolute atomic E-state index is 0.0762. The number of carboxylic acids is 1. The van der Waals surface area contributed by atoms with E-state index in [0.29, 0.717) is 18.7 Å². The second-order valence-corrected chi connectivity index (χ2v) is 5.54. The minimum Gasteiger partial charge on any atom is -0.478 e. The molecule has 0 radical (unpaired) electrons. The van der Waals surface area contributed by atoms with Crippen LogP contribution in [-0.2, 0) is 6.42 Å². The van der Waals surface area contributed by atoms with Crippen molar-refractivity contribution in [3.05, 3.63) is 23.2 Å². The summed E-state index contributed by atoms with van der Waals surface area (Å²) in [5.41, 5.74) is 0.340. The van der Waals surface area contributed by atoms with Crippen molar-refractivity contribution in [1.29, 1.82) is 0 Å². The lowest BCUT2D eigenvalue weighted by Gasteiger charge is -2.13. The maximum atomic E-state index is 12.0. The van der Waals surface area contributed by atoms with Gasteiger partial charge < -0.3 is 14.8 Å². The number of hydrogen-bond donors (Lipinski definition) is 2. The molecule has 110 valence electrons. The number of carbonyl (C=O) groups is 2. The van der Waals surface area contributed by atoms with Gasteiger partial charge in [-0.05, 0) is 24.7 Å². The molecule has 1 aromatic heterocycles. The van der Waals surface area contributed by atoms with Gasteiger partial charge in [0.25, 0.3) is 5.91 Å². The van der Waals surface area contributed by atoms with Crippen LogP contribution in [0.5, 0.6) is 0 Å². The lowest BCUT2D eigenvalue weighted by molar-refractivity contribution is 0.0694. The molecule has 0 saturated heterocycles. The van der Waals surface area contributed by atoms with E-state index in [-0.39, 0.29) is 22.6 Å². The van der Waals surface area contributed by atoms with E-state index in [1.807, 2.05) is 0 Å². The Morgan fingerprint density at radius 1 is 1.40 bits per heavy atom. The fourth-order valence-electron chi connectivity index (χ4n) is 2.56. The van der Waals surface area contributed by atoms with Gasteiger partial charge in [0.15, 0.2) is 5.76 Å². The summed E-state index contributed by atoms with van der Waals surface area (Å²) in [6.07, 6.45) is 4.99. The van der Waals surface area contributed by atoms with E-state index in [2.05, 4.69) is 12.2 Å². The molecule has 1 amide bonds. The van der Waals surface area contributed by atoms with Crippen LogP contribution in [0.2, 0.25) is 0 Å². The van der Waals surface area contributed by atoms with Gasteiger partial charge >= 0.3 is 5.97 Å². The number of aromatic carboxylic acids is 1. The van der Waals surface area contributed by atoms with Crippen LogP contribution in [0.25, 0.3) is 0 Å². The number of rotatable bonds is 7. The van der Waals surface area contributed by atoms with Crippen LogP contribution in [0, 0.1) is 5.41 Å². The molecule has 0 spiro atoms. The average Bonchev–Trinajstić information content (AvgIpc) is 3.04. The van der Waals surface area contributed by atoms with Crippen molar-refractivity contribution in [1.82, 2.24) is 5.32 Å². The second-order valence-electron chi connectivity index (χ2n) is 5.54. The first-order valence-electron chi connectivity index (χ1n) is 7.15. The van der Waals surface area contributed by atoms with E-state index >= 15 is 0 Å². The maximum Gasteiger partial charge on any atom is 0.339 e. The van der Waals surface area contributed by atoms with Crippen LogP contribution in [0.1, 0.15) is 66.2 Å². The van der Waals surface area contributed by atoms with Crippen molar-refractivity contribution in [3.63, 3.8) is 0 Å². The Morgan fingerprint density at radius 2 is 2.10 bits per heavy atom. The molecule has 5 nitrogen and oxygen atoms in total. The number of aryl methyl sites for hydroxylation is 1. The fourth-order valence-corrected chi connectivity index (χ4v) is 2.56. The van der Waals surface area contributed by atoms with Crippen LogP contribution in [-0.4, -0.2) is 23.5 Å². The van der Waals surface area contributed by atoms with E-state index in [4.69, 9.17) is 9.52 Å². The van der Waals surface area contributed by atoms with Crippen molar-refractivity contribution < 1.29 is 19.1 Å². The Balaban J connectivity index is 2.01. The first-order chi connectivity index (χ1) is 9.51. The van der Waals surface area contributed by atoms with E-state index in [9.17, 15) is 9.59 Å². The third-order valence-electron chi connectivity index (χ3n) is 3.95. The van der Waals surface area contributed by atoms with Gasteiger partial charge in [0.05, 0.1) is 0 Å². The summed E-state index contributed by atoms with van der Waals surface area (Å²) in [7, 11) is 0. The molecular formula is C15H21NO4. The van der Waals surface area contributed by atoms with Gasteiger partial charge in [0.2, 0.25) is 0 Å². The SMILES string of the molecule is CCCC1(CNC(=O)c2cc(C(=O)O)c(CC)o2)CC1. The van der Waals surface area contributed by atoms with Crippen molar-refractivity contribution in [2.45, 2.75) is 46.0 Å². The zero-order valence-electron chi connectivity index (χ0n) is 12.0. The summed E-state index contributed by atoms with van der Waals surface area (Å²) in [6, 6.07) is 1.32. The third kappa shape index (κ3) is 3.03. The zero-order valence-corrected chi connectivity index (χ0v) is 12.0. The number of furan rings is 1. The molecule has 1 fully saturated rings. The number of carbonyl (C=O) groups excluding carboxylic acids is 1. The van der Waals surface area contributed by atoms with Crippen molar-refractivity contribution >= 4 is 11.9 Å². The summed E-state index contributed by atoms with van der Waals surface area (Å²) in [5.74, 6) is -0.951. The number of hydrogen-bond acceptors (Lipinski definition) is 3. The Morgan fingerprint density at radius 3 is 2.55 bits per heavy atom. The summed E-state index contributed by atoms with van der Waals surface area (Å²) in [4.78, 5) is 23.1. The highest BCUT2D eigenvalue weighted by atomic mass is 16.4. The molecule has 5 heteroatoms. The lowest BCUT2D eigenvalue weighted by atomic mass is 10.0. The molecule has 1 saturated carbocycles. The van der Waals surface area contributed by atoms with Gasteiger partial charge in [-0.2, -0.15) is 0 Å². The molecule has 1 aliphatic rings. The molecule has 1 aromatic rings. The smallest absolute Gasteiger partial charge is 0.339 e. The number of amides is 1. The highest BCUT2D eigenvalue weighted by Crippen LogP contribution is 2.48. The van der Waals surface area contributed by atoms with Crippen molar-refractivity contribution in [3.8, 4) is 0 Å². The molecule has 2 N–H and O–H groups in total. The highest BCUT2D eigenvalue weighted by molar-refractivity contribution is 5.96. The minimum atomic E-state index is -1.06. The first-order valence-corrected chi connectivity index (χ1v) is 7.15. The lowest BCUT2D eigenvalue weighted by Crippen LogP contribution is -2.29. The Bertz CT molecular complexity index is 514. The molecule has 0 unspecified atom stereocenters.